The van der Waals surface area contributed by atoms with Gasteiger partial charge in [-0.3, -0.25) is 14.4 Å². The van der Waals surface area contributed by atoms with E-state index in [1.165, 1.54) is 6.92 Å². The molecule has 0 saturated carbocycles. The summed E-state index contributed by atoms with van der Waals surface area (Å²) in [5, 5.41) is 2.77. The summed E-state index contributed by atoms with van der Waals surface area (Å²) in [4.78, 5) is 47.4. The normalized spacial score (nSPS) is 14.0. The van der Waals surface area contributed by atoms with Gasteiger partial charge >= 0.3 is 0 Å². The molecule has 0 spiro atoms. The predicted molar refractivity (Wildman–Crippen MR) is 101 cm³/mol. The van der Waals surface area contributed by atoms with Crippen LogP contribution in [0.15, 0.2) is 30.3 Å². The summed E-state index contributed by atoms with van der Waals surface area (Å²) in [6.07, 6.45) is 0.836. The molecule has 0 unspecified atom stereocenters. The van der Waals surface area contributed by atoms with Crippen LogP contribution in [0.4, 0.5) is 11.6 Å². The fourth-order valence-corrected chi connectivity index (χ4v) is 2.85. The summed E-state index contributed by atoms with van der Waals surface area (Å²) < 4.78 is 0. The molecule has 1 N–H and O–H groups in total. The molecule has 1 aromatic carbocycles. The van der Waals surface area contributed by atoms with Gasteiger partial charge in [0, 0.05) is 43.1 Å². The third kappa shape index (κ3) is 4.46. The second-order valence-corrected chi connectivity index (χ2v) is 6.41. The summed E-state index contributed by atoms with van der Waals surface area (Å²) in [7, 11) is 0. The van der Waals surface area contributed by atoms with E-state index in [2.05, 4.69) is 15.3 Å². The Morgan fingerprint density at radius 3 is 2.52 bits per heavy atom. The maximum Gasteiger partial charge on any atom is 0.274 e. The monoisotopic (exact) mass is 367 g/mol. The zero-order valence-corrected chi connectivity index (χ0v) is 15.3. The zero-order valence-electron chi connectivity index (χ0n) is 15.3. The van der Waals surface area contributed by atoms with Gasteiger partial charge in [0.25, 0.3) is 5.91 Å². The highest BCUT2D eigenvalue weighted by molar-refractivity contribution is 6.04. The van der Waals surface area contributed by atoms with Crippen molar-refractivity contribution >= 4 is 29.7 Å². The minimum atomic E-state index is -0.367. The van der Waals surface area contributed by atoms with Crippen LogP contribution in [0.1, 0.15) is 33.5 Å². The van der Waals surface area contributed by atoms with Crippen LogP contribution in [0.25, 0.3) is 0 Å². The highest BCUT2D eigenvalue weighted by Crippen LogP contribution is 2.16. The van der Waals surface area contributed by atoms with Gasteiger partial charge in [-0.25, -0.2) is 9.97 Å². The van der Waals surface area contributed by atoms with Crippen molar-refractivity contribution in [1.29, 1.82) is 0 Å². The third-order valence-electron chi connectivity index (χ3n) is 4.35. The lowest BCUT2D eigenvalue weighted by Gasteiger charge is -2.32. The Bertz CT molecular complexity index is 875. The van der Waals surface area contributed by atoms with E-state index >= 15 is 0 Å². The van der Waals surface area contributed by atoms with Crippen LogP contribution in [-0.4, -0.2) is 59.1 Å². The van der Waals surface area contributed by atoms with Crippen molar-refractivity contribution < 1.29 is 14.4 Å². The fourth-order valence-electron chi connectivity index (χ4n) is 2.85. The topological polar surface area (TPSA) is 95.5 Å². The number of anilines is 2. The molecule has 2 heterocycles. The number of benzene rings is 1. The van der Waals surface area contributed by atoms with Crippen LogP contribution in [0.3, 0.4) is 0 Å². The number of nitrogens with zero attached hydrogens (tertiary/aromatic N) is 4. The fraction of sp³-hybridized carbons (Fsp3) is 0.316. The molecule has 1 aromatic heterocycles. The summed E-state index contributed by atoms with van der Waals surface area (Å²) >= 11 is 0. The van der Waals surface area contributed by atoms with Gasteiger partial charge in [0.1, 0.15) is 5.69 Å². The number of Topliss-reactive ketones (excluding diaryl/α,β-unsaturated/α-hetero) is 1. The van der Waals surface area contributed by atoms with Crippen molar-refractivity contribution in [3.05, 3.63) is 47.3 Å². The van der Waals surface area contributed by atoms with Crippen molar-refractivity contribution in [3.63, 3.8) is 0 Å². The van der Waals surface area contributed by atoms with Crippen LogP contribution in [0, 0.1) is 6.92 Å². The number of aromatic nitrogens is 2. The molecule has 27 heavy (non-hydrogen) atoms. The Morgan fingerprint density at radius 1 is 1.11 bits per heavy atom. The summed E-state index contributed by atoms with van der Waals surface area (Å²) in [6, 6.07) is 8.39. The standard InChI is InChI=1S/C19H21N5O3/c1-13-10-17(18(27)21-16-5-3-4-15(11-16)14(2)26)22-19(20-13)24-8-6-23(12-25)7-9-24/h3-5,10-12H,6-9H2,1-2H3,(H,21,27). The lowest BCUT2D eigenvalue weighted by molar-refractivity contribution is -0.118. The quantitative estimate of drug-likeness (QED) is 0.636. The first-order valence-electron chi connectivity index (χ1n) is 8.68. The number of ketones is 1. The van der Waals surface area contributed by atoms with Crippen LogP contribution >= 0.6 is 0 Å². The van der Waals surface area contributed by atoms with Gasteiger partial charge in [-0.1, -0.05) is 12.1 Å². The Hall–Kier alpha value is -3.29. The number of carbonyl (C=O) groups excluding carboxylic acids is 3. The molecule has 3 rings (SSSR count). The Kier molecular flexibility index (Phi) is 5.44. The van der Waals surface area contributed by atoms with Crippen LogP contribution < -0.4 is 10.2 Å². The molecule has 8 nitrogen and oxygen atoms in total. The molecule has 0 atom stereocenters. The van der Waals surface area contributed by atoms with Crippen LogP contribution in [0.5, 0.6) is 0 Å². The van der Waals surface area contributed by atoms with Crippen LogP contribution in [-0.2, 0) is 4.79 Å². The number of aryl methyl sites for hydroxylation is 1. The van der Waals surface area contributed by atoms with Crippen molar-refractivity contribution in [2.45, 2.75) is 13.8 Å². The molecule has 0 aliphatic carbocycles. The van der Waals surface area contributed by atoms with E-state index in [-0.39, 0.29) is 17.4 Å². The molecule has 140 valence electrons. The van der Waals surface area contributed by atoms with Gasteiger partial charge in [-0.15, -0.1) is 0 Å². The van der Waals surface area contributed by atoms with Crippen molar-refractivity contribution in [3.8, 4) is 0 Å². The Morgan fingerprint density at radius 2 is 1.85 bits per heavy atom. The lowest BCUT2D eigenvalue weighted by Crippen LogP contribution is -2.46. The molecule has 2 aromatic rings. The molecule has 8 heteroatoms. The van der Waals surface area contributed by atoms with Gasteiger partial charge < -0.3 is 15.1 Å². The van der Waals surface area contributed by atoms with E-state index in [0.717, 1.165) is 6.41 Å². The van der Waals surface area contributed by atoms with Crippen molar-refractivity contribution in [1.82, 2.24) is 14.9 Å². The molecule has 0 radical (unpaired) electrons. The molecule has 1 aliphatic heterocycles. The first-order chi connectivity index (χ1) is 13.0. The Labute approximate surface area is 157 Å². The lowest BCUT2D eigenvalue weighted by atomic mass is 10.1. The van der Waals surface area contributed by atoms with E-state index < -0.39 is 0 Å². The Balaban J connectivity index is 1.77. The summed E-state index contributed by atoms with van der Waals surface area (Å²) in [5.74, 6) is 0.0397. The first-order valence-corrected chi connectivity index (χ1v) is 8.68. The van der Waals surface area contributed by atoms with Crippen molar-refractivity contribution in [2.24, 2.45) is 0 Å². The van der Waals surface area contributed by atoms with E-state index in [4.69, 9.17) is 0 Å². The minimum absolute atomic E-state index is 0.0688. The highest BCUT2D eigenvalue weighted by atomic mass is 16.2. The van der Waals surface area contributed by atoms with E-state index in [1.54, 1.807) is 42.2 Å². The van der Waals surface area contributed by atoms with Gasteiger partial charge in [-0.2, -0.15) is 0 Å². The molecule has 1 aliphatic rings. The maximum absolute atomic E-state index is 12.6. The summed E-state index contributed by atoms with van der Waals surface area (Å²) in [6.45, 7) is 5.71. The predicted octanol–water partition coefficient (Wildman–Crippen LogP) is 1.52. The number of piperazine rings is 1. The summed E-state index contributed by atoms with van der Waals surface area (Å²) in [5.41, 5.74) is 1.99. The van der Waals surface area contributed by atoms with Gasteiger partial charge in [0.05, 0.1) is 0 Å². The number of carbonyl (C=O) groups is 3. The second-order valence-electron chi connectivity index (χ2n) is 6.41. The van der Waals surface area contributed by atoms with Gasteiger partial charge in [-0.05, 0) is 32.0 Å². The molecular weight excluding hydrogens is 346 g/mol. The number of hydrogen-bond donors (Lipinski definition) is 1. The minimum Gasteiger partial charge on any atom is -0.342 e. The van der Waals surface area contributed by atoms with E-state index in [9.17, 15) is 14.4 Å². The molecule has 1 fully saturated rings. The SMILES string of the molecule is CC(=O)c1cccc(NC(=O)c2cc(C)nc(N3CCN(C=O)CC3)n2)c1. The van der Waals surface area contributed by atoms with Crippen LogP contribution in [0.2, 0.25) is 0 Å². The van der Waals surface area contributed by atoms with E-state index in [1.807, 2.05) is 4.90 Å². The average molecular weight is 367 g/mol. The van der Waals surface area contributed by atoms with Crippen molar-refractivity contribution in [2.75, 3.05) is 36.4 Å². The van der Waals surface area contributed by atoms with E-state index in [0.29, 0.717) is 49.1 Å². The molecule has 0 bridgehead atoms. The number of amides is 2. The number of hydrogen-bond acceptors (Lipinski definition) is 6. The maximum atomic E-state index is 12.6. The second kappa shape index (κ2) is 7.94. The van der Waals surface area contributed by atoms with Gasteiger partial charge in [0.2, 0.25) is 12.4 Å². The smallest absolute Gasteiger partial charge is 0.274 e. The molecule has 2 amide bonds. The molecule has 1 saturated heterocycles. The third-order valence-corrected chi connectivity index (χ3v) is 4.35. The molecular formula is C19H21N5O3. The number of nitrogens with one attached hydrogen (secondary N) is 1. The highest BCUT2D eigenvalue weighted by Gasteiger charge is 2.20. The largest absolute Gasteiger partial charge is 0.342 e. The zero-order chi connectivity index (χ0) is 19.4. The first kappa shape index (κ1) is 18.5. The average Bonchev–Trinajstić information content (AvgIpc) is 2.67. The number of rotatable bonds is 5. The van der Waals surface area contributed by atoms with Gasteiger partial charge in [0.15, 0.2) is 5.78 Å².